The highest BCUT2D eigenvalue weighted by Crippen LogP contribution is 2.27. The molecule has 1 aliphatic rings. The van der Waals surface area contributed by atoms with Gasteiger partial charge < -0.3 is 13.9 Å². The first kappa shape index (κ1) is 20.4. The van der Waals surface area contributed by atoms with Crippen molar-refractivity contribution in [3.8, 4) is 17.2 Å². The molecule has 0 bridgehead atoms. The molecule has 28 heavy (non-hydrogen) atoms. The smallest absolute Gasteiger partial charge is 0.307 e. The van der Waals surface area contributed by atoms with E-state index in [-0.39, 0.29) is 12.0 Å². The Bertz CT molecular complexity index is 769. The van der Waals surface area contributed by atoms with Crippen LogP contribution in [0.15, 0.2) is 28.7 Å². The predicted octanol–water partition coefficient (Wildman–Crippen LogP) is 4.36. The maximum absolute atomic E-state index is 11.9. The average molecular weight is 386 g/mol. The summed E-state index contributed by atoms with van der Waals surface area (Å²) in [4.78, 5) is 19.0. The first-order chi connectivity index (χ1) is 13.6. The van der Waals surface area contributed by atoms with E-state index in [9.17, 15) is 4.79 Å². The first-order valence-electron chi connectivity index (χ1n) is 10.2. The van der Waals surface area contributed by atoms with Gasteiger partial charge in [-0.15, -0.1) is 0 Å². The van der Waals surface area contributed by atoms with E-state index in [1.807, 2.05) is 45.0 Å². The fourth-order valence-electron chi connectivity index (χ4n) is 3.66. The summed E-state index contributed by atoms with van der Waals surface area (Å²) in [7, 11) is 0. The normalized spacial score (nSPS) is 17.5. The fraction of sp³-hybridized carbons (Fsp3) is 0.545. The van der Waals surface area contributed by atoms with Crippen LogP contribution in [0.5, 0.6) is 5.75 Å². The van der Waals surface area contributed by atoms with E-state index < -0.39 is 0 Å². The molecular formula is C22H30N2O4. The van der Waals surface area contributed by atoms with Crippen molar-refractivity contribution >= 4 is 5.97 Å². The summed E-state index contributed by atoms with van der Waals surface area (Å²) in [5, 5.41) is 0. The zero-order valence-electron chi connectivity index (χ0n) is 17.1. The van der Waals surface area contributed by atoms with Crippen molar-refractivity contribution in [1.29, 1.82) is 0 Å². The topological polar surface area (TPSA) is 64.8 Å². The van der Waals surface area contributed by atoms with Gasteiger partial charge in [0.05, 0.1) is 25.3 Å². The molecule has 1 aromatic carbocycles. The number of piperidine rings is 1. The SMILES string of the molecule is CCOC(=O)CC1CCCCN1Cc1nc(-c2ccc(OCC)cc2)oc1C. The average Bonchev–Trinajstić information content (AvgIpc) is 3.05. The van der Waals surface area contributed by atoms with Crippen LogP contribution in [0.4, 0.5) is 0 Å². The van der Waals surface area contributed by atoms with Gasteiger partial charge in [0, 0.05) is 18.2 Å². The van der Waals surface area contributed by atoms with Gasteiger partial charge in [0.1, 0.15) is 11.5 Å². The minimum Gasteiger partial charge on any atom is -0.494 e. The van der Waals surface area contributed by atoms with Crippen LogP contribution in [0.3, 0.4) is 0 Å². The summed E-state index contributed by atoms with van der Waals surface area (Å²) in [5.41, 5.74) is 1.86. The largest absolute Gasteiger partial charge is 0.494 e. The molecule has 1 atom stereocenters. The van der Waals surface area contributed by atoms with Gasteiger partial charge in [0.25, 0.3) is 0 Å². The van der Waals surface area contributed by atoms with Crippen molar-refractivity contribution < 1.29 is 18.7 Å². The molecule has 0 aliphatic carbocycles. The van der Waals surface area contributed by atoms with Crippen LogP contribution in [0.25, 0.3) is 11.5 Å². The highest BCUT2D eigenvalue weighted by molar-refractivity contribution is 5.70. The number of esters is 1. The summed E-state index contributed by atoms with van der Waals surface area (Å²) in [6, 6.07) is 7.99. The van der Waals surface area contributed by atoms with E-state index in [4.69, 9.17) is 18.9 Å². The van der Waals surface area contributed by atoms with Gasteiger partial charge in [-0.05, 0) is 64.4 Å². The van der Waals surface area contributed by atoms with Crippen molar-refractivity contribution in [2.45, 2.75) is 59.0 Å². The van der Waals surface area contributed by atoms with Gasteiger partial charge in [-0.25, -0.2) is 4.98 Å². The molecule has 3 rings (SSSR count). The predicted molar refractivity (Wildman–Crippen MR) is 107 cm³/mol. The molecule has 0 amide bonds. The Balaban J connectivity index is 1.70. The van der Waals surface area contributed by atoms with Crippen LogP contribution >= 0.6 is 0 Å². The first-order valence-corrected chi connectivity index (χ1v) is 10.2. The van der Waals surface area contributed by atoms with Gasteiger partial charge in [0.15, 0.2) is 0 Å². The number of aromatic nitrogens is 1. The second-order valence-corrected chi connectivity index (χ2v) is 7.11. The maximum atomic E-state index is 11.9. The number of hydrogen-bond acceptors (Lipinski definition) is 6. The minimum atomic E-state index is -0.119. The molecule has 6 heteroatoms. The Morgan fingerprint density at radius 3 is 2.71 bits per heavy atom. The van der Waals surface area contributed by atoms with Crippen molar-refractivity contribution in [2.75, 3.05) is 19.8 Å². The van der Waals surface area contributed by atoms with E-state index in [1.54, 1.807) is 0 Å². The standard InChI is InChI=1S/C22H30N2O4/c1-4-26-19-11-9-17(10-12-19)22-23-20(16(3)28-22)15-24-13-7-6-8-18(24)14-21(25)27-5-2/h9-12,18H,4-8,13-15H2,1-3H3. The molecule has 0 saturated carbocycles. The summed E-state index contributed by atoms with van der Waals surface area (Å²) >= 11 is 0. The molecule has 1 unspecified atom stereocenters. The Morgan fingerprint density at radius 2 is 2.00 bits per heavy atom. The van der Waals surface area contributed by atoms with Gasteiger partial charge in [0.2, 0.25) is 5.89 Å². The Labute approximate surface area is 166 Å². The highest BCUT2D eigenvalue weighted by atomic mass is 16.5. The fourth-order valence-corrected chi connectivity index (χ4v) is 3.66. The van der Waals surface area contributed by atoms with Crippen molar-refractivity contribution in [1.82, 2.24) is 9.88 Å². The molecule has 1 fully saturated rings. The second-order valence-electron chi connectivity index (χ2n) is 7.11. The molecule has 1 saturated heterocycles. The lowest BCUT2D eigenvalue weighted by molar-refractivity contribution is -0.145. The van der Waals surface area contributed by atoms with E-state index in [0.29, 0.717) is 32.1 Å². The van der Waals surface area contributed by atoms with Gasteiger partial charge in [-0.2, -0.15) is 0 Å². The molecule has 0 radical (unpaired) electrons. The summed E-state index contributed by atoms with van der Waals surface area (Å²) in [6.45, 7) is 8.49. The third-order valence-electron chi connectivity index (χ3n) is 5.11. The van der Waals surface area contributed by atoms with Crippen LogP contribution in [-0.2, 0) is 16.1 Å². The van der Waals surface area contributed by atoms with Crippen LogP contribution in [0.2, 0.25) is 0 Å². The summed E-state index contributed by atoms with van der Waals surface area (Å²) in [6.07, 6.45) is 3.75. The molecule has 1 aliphatic heterocycles. The lowest BCUT2D eigenvalue weighted by Gasteiger charge is -2.34. The monoisotopic (exact) mass is 386 g/mol. The molecule has 152 valence electrons. The highest BCUT2D eigenvalue weighted by Gasteiger charge is 2.27. The summed E-state index contributed by atoms with van der Waals surface area (Å²) < 4.78 is 16.6. The minimum absolute atomic E-state index is 0.119. The zero-order valence-corrected chi connectivity index (χ0v) is 17.1. The second kappa shape index (κ2) is 9.73. The number of benzene rings is 1. The van der Waals surface area contributed by atoms with E-state index >= 15 is 0 Å². The Morgan fingerprint density at radius 1 is 1.21 bits per heavy atom. The van der Waals surface area contributed by atoms with Crippen molar-refractivity contribution in [2.24, 2.45) is 0 Å². The number of aryl methyl sites for hydroxylation is 1. The molecule has 6 nitrogen and oxygen atoms in total. The van der Waals surface area contributed by atoms with Gasteiger partial charge in [-0.3, -0.25) is 9.69 Å². The Kier molecular flexibility index (Phi) is 7.09. The van der Waals surface area contributed by atoms with Crippen LogP contribution in [0, 0.1) is 6.92 Å². The molecular weight excluding hydrogens is 356 g/mol. The lowest BCUT2D eigenvalue weighted by atomic mass is 9.99. The summed E-state index contributed by atoms with van der Waals surface area (Å²) in [5.74, 6) is 2.16. The molecule has 1 aromatic heterocycles. The number of nitrogens with zero attached hydrogens (tertiary/aromatic N) is 2. The number of hydrogen-bond donors (Lipinski definition) is 0. The van der Waals surface area contributed by atoms with Crippen molar-refractivity contribution in [3.05, 3.63) is 35.7 Å². The quantitative estimate of drug-likeness (QED) is 0.628. The Hall–Kier alpha value is -2.34. The van der Waals surface area contributed by atoms with E-state index in [0.717, 1.165) is 48.6 Å². The molecule has 2 heterocycles. The number of ether oxygens (including phenoxy) is 2. The number of carbonyl (C=O) groups excluding carboxylic acids is 1. The molecule has 0 N–H and O–H groups in total. The van der Waals surface area contributed by atoms with E-state index in [2.05, 4.69) is 4.90 Å². The number of rotatable bonds is 8. The van der Waals surface area contributed by atoms with Crippen molar-refractivity contribution in [3.63, 3.8) is 0 Å². The number of oxazole rings is 1. The number of carbonyl (C=O) groups is 1. The van der Waals surface area contributed by atoms with Gasteiger partial charge >= 0.3 is 5.97 Å². The van der Waals surface area contributed by atoms with Crippen LogP contribution in [0.1, 0.15) is 51.0 Å². The van der Waals surface area contributed by atoms with Crippen LogP contribution in [-0.4, -0.2) is 41.7 Å². The maximum Gasteiger partial charge on any atom is 0.307 e. The lowest BCUT2D eigenvalue weighted by Crippen LogP contribution is -2.40. The third kappa shape index (κ3) is 5.13. The molecule has 0 spiro atoms. The zero-order chi connectivity index (χ0) is 19.9. The van der Waals surface area contributed by atoms with E-state index in [1.165, 1.54) is 0 Å². The molecule has 2 aromatic rings. The number of likely N-dealkylation sites (tertiary alicyclic amines) is 1. The van der Waals surface area contributed by atoms with Gasteiger partial charge in [-0.1, -0.05) is 6.42 Å². The van der Waals surface area contributed by atoms with Crippen LogP contribution < -0.4 is 4.74 Å². The third-order valence-corrected chi connectivity index (χ3v) is 5.11.